The van der Waals surface area contributed by atoms with Gasteiger partial charge >= 0.3 is 5.97 Å². The Kier molecular flexibility index (Phi) is 6.39. The van der Waals surface area contributed by atoms with Crippen LogP contribution < -0.4 is 5.32 Å². The first-order valence-corrected chi connectivity index (χ1v) is 6.10. The van der Waals surface area contributed by atoms with Crippen LogP contribution in [-0.2, 0) is 14.3 Å². The van der Waals surface area contributed by atoms with Crippen LogP contribution in [0.25, 0.3) is 0 Å². The van der Waals surface area contributed by atoms with E-state index in [2.05, 4.69) is 10.1 Å². The number of hydrogen-bond donors (Lipinski definition) is 1. The Morgan fingerprint density at radius 1 is 1.44 bits per heavy atom. The van der Waals surface area contributed by atoms with Gasteiger partial charge in [0.15, 0.2) is 0 Å². The highest BCUT2D eigenvalue weighted by Crippen LogP contribution is 2.20. The molecule has 0 heterocycles. The average molecular weight is 254 g/mol. The molecule has 0 aliphatic carbocycles. The quantitative estimate of drug-likeness (QED) is 0.731. The average Bonchev–Trinajstić information content (AvgIpc) is 2.35. The molecule has 1 amide bonds. The molecule has 102 valence electrons. The molecular formula is C13H22N2O3. The van der Waals surface area contributed by atoms with Gasteiger partial charge in [0.2, 0.25) is 5.91 Å². The second-order valence-corrected chi connectivity index (χ2v) is 4.98. The largest absolute Gasteiger partial charge is 0.467 e. The Morgan fingerprint density at radius 2 is 2.00 bits per heavy atom. The molecule has 0 fully saturated rings. The summed E-state index contributed by atoms with van der Waals surface area (Å²) in [7, 11) is 1.28. The first-order chi connectivity index (χ1) is 8.30. The van der Waals surface area contributed by atoms with E-state index in [4.69, 9.17) is 5.26 Å². The van der Waals surface area contributed by atoms with Gasteiger partial charge in [0.05, 0.1) is 13.2 Å². The minimum Gasteiger partial charge on any atom is -0.467 e. The third-order valence-electron chi connectivity index (χ3n) is 2.95. The minimum atomic E-state index is -1.11. The van der Waals surface area contributed by atoms with Crippen molar-refractivity contribution in [2.75, 3.05) is 7.11 Å². The van der Waals surface area contributed by atoms with E-state index < -0.39 is 23.3 Å². The molecule has 0 aromatic heterocycles. The lowest BCUT2D eigenvalue weighted by Gasteiger charge is -2.24. The van der Waals surface area contributed by atoms with Crippen LogP contribution in [0.15, 0.2) is 0 Å². The van der Waals surface area contributed by atoms with E-state index in [9.17, 15) is 9.59 Å². The topological polar surface area (TPSA) is 79.2 Å². The SMILES string of the molecule is CCC(C)(C#N)C(=O)NC(CC(C)C)C(=O)OC. The maximum absolute atomic E-state index is 12.0. The third-order valence-corrected chi connectivity index (χ3v) is 2.95. The number of hydrogen-bond acceptors (Lipinski definition) is 4. The molecule has 0 bridgehead atoms. The summed E-state index contributed by atoms with van der Waals surface area (Å²) >= 11 is 0. The molecule has 0 aliphatic heterocycles. The van der Waals surface area contributed by atoms with Crippen LogP contribution in [-0.4, -0.2) is 25.0 Å². The van der Waals surface area contributed by atoms with Crippen molar-refractivity contribution in [2.45, 2.75) is 46.6 Å². The Labute approximate surface area is 108 Å². The summed E-state index contributed by atoms with van der Waals surface area (Å²) in [6.45, 7) is 7.22. The first-order valence-electron chi connectivity index (χ1n) is 6.10. The lowest BCUT2D eigenvalue weighted by atomic mass is 9.88. The fourth-order valence-electron chi connectivity index (χ4n) is 1.44. The minimum absolute atomic E-state index is 0.240. The van der Waals surface area contributed by atoms with Crippen molar-refractivity contribution in [3.8, 4) is 6.07 Å². The molecule has 0 rings (SSSR count). The molecule has 0 aliphatic rings. The molecule has 0 saturated heterocycles. The Morgan fingerprint density at radius 3 is 2.33 bits per heavy atom. The molecule has 0 aromatic rings. The molecule has 5 nitrogen and oxygen atoms in total. The van der Waals surface area contributed by atoms with Crippen LogP contribution >= 0.6 is 0 Å². The zero-order chi connectivity index (χ0) is 14.3. The molecule has 2 unspecified atom stereocenters. The number of methoxy groups -OCH3 is 1. The standard InChI is InChI=1S/C13H22N2O3/c1-6-13(4,8-14)12(17)15-10(7-9(2)3)11(16)18-5/h9-10H,6-7H2,1-5H3,(H,15,17). The van der Waals surface area contributed by atoms with Crippen molar-refractivity contribution in [3.05, 3.63) is 0 Å². The van der Waals surface area contributed by atoms with Crippen LogP contribution in [0.5, 0.6) is 0 Å². The van der Waals surface area contributed by atoms with Crippen molar-refractivity contribution in [3.63, 3.8) is 0 Å². The van der Waals surface area contributed by atoms with E-state index in [-0.39, 0.29) is 5.92 Å². The van der Waals surface area contributed by atoms with Gasteiger partial charge in [0.25, 0.3) is 0 Å². The number of amides is 1. The number of esters is 1. The van der Waals surface area contributed by atoms with Crippen LogP contribution in [0, 0.1) is 22.7 Å². The van der Waals surface area contributed by atoms with Gasteiger partial charge in [-0.25, -0.2) is 4.79 Å². The van der Waals surface area contributed by atoms with Crippen LogP contribution in [0.2, 0.25) is 0 Å². The Bertz CT molecular complexity index is 347. The van der Waals surface area contributed by atoms with Gasteiger partial charge in [-0.2, -0.15) is 5.26 Å². The maximum Gasteiger partial charge on any atom is 0.328 e. The number of carbonyl (C=O) groups is 2. The smallest absolute Gasteiger partial charge is 0.328 e. The number of carbonyl (C=O) groups excluding carboxylic acids is 2. The summed E-state index contributed by atoms with van der Waals surface area (Å²) in [5, 5.41) is 11.6. The lowest BCUT2D eigenvalue weighted by Crippen LogP contribution is -2.47. The van der Waals surface area contributed by atoms with Gasteiger partial charge < -0.3 is 10.1 Å². The van der Waals surface area contributed by atoms with Crippen molar-refractivity contribution >= 4 is 11.9 Å². The molecule has 5 heteroatoms. The summed E-state index contributed by atoms with van der Waals surface area (Å²) in [5.41, 5.74) is -1.11. The molecular weight excluding hydrogens is 232 g/mol. The van der Waals surface area contributed by atoms with Crippen LogP contribution in [0.3, 0.4) is 0 Å². The summed E-state index contributed by atoms with van der Waals surface area (Å²) < 4.78 is 4.66. The van der Waals surface area contributed by atoms with E-state index in [1.165, 1.54) is 7.11 Å². The second-order valence-electron chi connectivity index (χ2n) is 4.98. The maximum atomic E-state index is 12.0. The molecule has 0 radical (unpaired) electrons. The lowest BCUT2D eigenvalue weighted by molar-refractivity contribution is -0.146. The molecule has 1 N–H and O–H groups in total. The van der Waals surface area contributed by atoms with E-state index in [1.807, 2.05) is 19.9 Å². The van der Waals surface area contributed by atoms with Crippen LogP contribution in [0.1, 0.15) is 40.5 Å². The summed E-state index contributed by atoms with van der Waals surface area (Å²) in [4.78, 5) is 23.6. The molecule has 0 spiro atoms. The fourth-order valence-corrected chi connectivity index (χ4v) is 1.44. The highest BCUT2D eigenvalue weighted by atomic mass is 16.5. The van der Waals surface area contributed by atoms with Gasteiger partial charge in [0, 0.05) is 0 Å². The van der Waals surface area contributed by atoms with Crippen molar-refractivity contribution in [1.29, 1.82) is 5.26 Å². The molecule has 2 atom stereocenters. The monoisotopic (exact) mass is 254 g/mol. The number of nitriles is 1. The molecule has 0 aromatic carbocycles. The number of nitrogens with zero attached hydrogens (tertiary/aromatic N) is 1. The first kappa shape index (κ1) is 16.4. The Hall–Kier alpha value is -1.57. The van der Waals surface area contributed by atoms with E-state index in [0.29, 0.717) is 12.8 Å². The fraction of sp³-hybridized carbons (Fsp3) is 0.769. The normalized spacial score (nSPS) is 15.4. The second kappa shape index (κ2) is 7.00. The summed E-state index contributed by atoms with van der Waals surface area (Å²) in [5.74, 6) is -0.665. The van der Waals surface area contributed by atoms with Crippen molar-refractivity contribution in [1.82, 2.24) is 5.32 Å². The van der Waals surface area contributed by atoms with E-state index >= 15 is 0 Å². The van der Waals surface area contributed by atoms with Crippen LogP contribution in [0.4, 0.5) is 0 Å². The zero-order valence-corrected chi connectivity index (χ0v) is 11.7. The molecule has 18 heavy (non-hydrogen) atoms. The third kappa shape index (κ3) is 4.36. The highest BCUT2D eigenvalue weighted by Gasteiger charge is 2.34. The Balaban J connectivity index is 4.84. The van der Waals surface area contributed by atoms with Crippen molar-refractivity contribution in [2.24, 2.45) is 11.3 Å². The number of nitrogens with one attached hydrogen (secondary N) is 1. The predicted octanol–water partition coefficient (Wildman–Crippen LogP) is 1.63. The van der Waals surface area contributed by atoms with Gasteiger partial charge in [-0.3, -0.25) is 4.79 Å². The van der Waals surface area contributed by atoms with Gasteiger partial charge in [-0.05, 0) is 25.7 Å². The highest BCUT2D eigenvalue weighted by molar-refractivity contribution is 5.89. The van der Waals surface area contributed by atoms with E-state index in [1.54, 1.807) is 13.8 Å². The van der Waals surface area contributed by atoms with Gasteiger partial charge in [-0.1, -0.05) is 20.8 Å². The summed E-state index contributed by atoms with van der Waals surface area (Å²) in [6, 6.07) is 1.29. The van der Waals surface area contributed by atoms with Crippen molar-refractivity contribution < 1.29 is 14.3 Å². The van der Waals surface area contributed by atoms with Gasteiger partial charge in [0.1, 0.15) is 11.5 Å². The van der Waals surface area contributed by atoms with Gasteiger partial charge in [-0.15, -0.1) is 0 Å². The number of ether oxygens (including phenoxy) is 1. The molecule has 0 saturated carbocycles. The number of rotatable bonds is 6. The zero-order valence-electron chi connectivity index (χ0n) is 11.7. The van der Waals surface area contributed by atoms with E-state index in [0.717, 1.165) is 0 Å². The predicted molar refractivity (Wildman–Crippen MR) is 67.4 cm³/mol. The summed E-state index contributed by atoms with van der Waals surface area (Å²) in [6.07, 6.45) is 0.883.